The molecule has 0 spiro atoms. The smallest absolute Gasteiger partial charge is 0.264 e. The normalized spacial score (nSPS) is 17.0. The number of aliphatic imine (C=N–C) groups is 1. The van der Waals surface area contributed by atoms with Crippen molar-refractivity contribution in [2.24, 2.45) is 4.99 Å². The summed E-state index contributed by atoms with van der Waals surface area (Å²) in [4.78, 5) is 27.9. The summed E-state index contributed by atoms with van der Waals surface area (Å²) in [5.41, 5.74) is 1.90. The van der Waals surface area contributed by atoms with Crippen LogP contribution in [0.25, 0.3) is 6.08 Å². The van der Waals surface area contributed by atoms with Gasteiger partial charge in [0.05, 0.1) is 16.6 Å². The van der Waals surface area contributed by atoms with E-state index < -0.39 is 5.97 Å². The molecule has 0 atom stereocenters. The highest BCUT2D eigenvalue weighted by atomic mass is 35.5. The third kappa shape index (κ3) is 4.09. The number of carbonyl (C=O) groups is 2. The molecular weight excluding hydrogens is 395 g/mol. The van der Waals surface area contributed by atoms with Crippen molar-refractivity contribution in [3.63, 3.8) is 0 Å². The highest BCUT2D eigenvalue weighted by molar-refractivity contribution is 8.18. The zero-order chi connectivity index (χ0) is 18.8. The molecule has 0 saturated carbocycles. The molecule has 1 aliphatic heterocycles. The van der Waals surface area contributed by atoms with E-state index in [9.17, 15) is 14.7 Å². The lowest BCUT2D eigenvalue weighted by Crippen LogP contribution is -2.22. The fraction of sp³-hybridized carbons (Fsp3) is 0.0556. The van der Waals surface area contributed by atoms with Gasteiger partial charge in [-0.05, 0) is 59.7 Å². The molecule has 0 aliphatic carbocycles. The lowest BCUT2D eigenvalue weighted by molar-refractivity contribution is -0.255. The van der Waals surface area contributed by atoms with Crippen molar-refractivity contribution in [2.45, 2.75) is 6.92 Å². The summed E-state index contributed by atoms with van der Waals surface area (Å²) in [7, 11) is 0. The van der Waals surface area contributed by atoms with Crippen molar-refractivity contribution in [3.05, 3.63) is 68.0 Å². The van der Waals surface area contributed by atoms with Gasteiger partial charge in [0.1, 0.15) is 0 Å². The summed E-state index contributed by atoms with van der Waals surface area (Å²) in [6.45, 7) is 1.80. The Morgan fingerprint density at radius 1 is 1.23 bits per heavy atom. The maximum Gasteiger partial charge on any atom is 0.264 e. The second kappa shape index (κ2) is 7.53. The summed E-state index contributed by atoms with van der Waals surface area (Å²) in [6, 6.07) is 9.48. The number of benzene rings is 2. The van der Waals surface area contributed by atoms with Crippen molar-refractivity contribution in [2.75, 3.05) is 0 Å². The number of thioether (sulfide) groups is 1. The standard InChI is InChI=1S/C18H12Cl2N2O3S/c1-9-2-3-11(17(24)25)6-14(9)21-18-22-16(23)15(26-18)7-10-4-5-12(19)8-13(10)20/h2-8H,1H3,(H,24,25)(H,21,22,23)/p-1/b15-7-. The number of hydrogen-bond donors (Lipinski definition) is 1. The molecular formula is C18H11Cl2N2O3S-. The molecule has 0 radical (unpaired) electrons. The summed E-state index contributed by atoms with van der Waals surface area (Å²) in [6.07, 6.45) is 1.64. The van der Waals surface area contributed by atoms with E-state index in [1.165, 1.54) is 12.1 Å². The Hall–Kier alpha value is -2.28. The van der Waals surface area contributed by atoms with E-state index in [1.54, 1.807) is 37.3 Å². The molecule has 1 amide bonds. The number of aromatic carboxylic acids is 1. The third-order valence-corrected chi connectivity index (χ3v) is 5.04. The average Bonchev–Trinajstić information content (AvgIpc) is 2.91. The first-order valence-corrected chi connectivity index (χ1v) is 8.97. The van der Waals surface area contributed by atoms with E-state index >= 15 is 0 Å². The molecule has 1 saturated heterocycles. The number of carbonyl (C=O) groups excluding carboxylic acids is 2. The Bertz CT molecular complexity index is 986. The van der Waals surface area contributed by atoms with Crippen LogP contribution in [0.4, 0.5) is 5.69 Å². The van der Waals surface area contributed by atoms with E-state index in [0.29, 0.717) is 31.4 Å². The SMILES string of the molecule is Cc1ccc(C(=O)[O-])cc1N=C1NC(=O)/C(=C/c2ccc(Cl)cc2Cl)S1. The van der Waals surface area contributed by atoms with Crippen LogP contribution in [0.15, 0.2) is 46.3 Å². The van der Waals surface area contributed by atoms with Gasteiger partial charge in [-0.15, -0.1) is 0 Å². The first kappa shape index (κ1) is 18.5. The molecule has 26 heavy (non-hydrogen) atoms. The molecule has 1 aliphatic rings. The number of rotatable bonds is 3. The van der Waals surface area contributed by atoms with Gasteiger partial charge in [0.15, 0.2) is 5.17 Å². The Morgan fingerprint density at radius 3 is 2.69 bits per heavy atom. The van der Waals surface area contributed by atoms with Crippen LogP contribution < -0.4 is 10.4 Å². The Morgan fingerprint density at radius 2 is 2.00 bits per heavy atom. The highest BCUT2D eigenvalue weighted by Crippen LogP contribution is 2.31. The number of aryl methyl sites for hydroxylation is 1. The Balaban J connectivity index is 1.90. The minimum Gasteiger partial charge on any atom is -0.545 e. The fourth-order valence-corrected chi connectivity index (χ4v) is 3.50. The quantitative estimate of drug-likeness (QED) is 0.791. The zero-order valence-electron chi connectivity index (χ0n) is 13.4. The number of nitrogens with zero attached hydrogens (tertiary/aromatic N) is 1. The van der Waals surface area contributed by atoms with Crippen molar-refractivity contribution in [1.29, 1.82) is 0 Å². The molecule has 2 aromatic rings. The molecule has 1 fully saturated rings. The molecule has 0 aromatic heterocycles. The van der Waals surface area contributed by atoms with Gasteiger partial charge < -0.3 is 15.2 Å². The van der Waals surface area contributed by atoms with Gasteiger partial charge in [-0.1, -0.05) is 41.4 Å². The molecule has 5 nitrogen and oxygen atoms in total. The van der Waals surface area contributed by atoms with Gasteiger partial charge >= 0.3 is 0 Å². The lowest BCUT2D eigenvalue weighted by atomic mass is 10.1. The van der Waals surface area contributed by atoms with Gasteiger partial charge in [-0.25, -0.2) is 4.99 Å². The van der Waals surface area contributed by atoms with E-state index in [-0.39, 0.29) is 11.5 Å². The first-order valence-electron chi connectivity index (χ1n) is 7.40. The number of hydrogen-bond acceptors (Lipinski definition) is 5. The summed E-state index contributed by atoms with van der Waals surface area (Å²) >= 11 is 13.1. The molecule has 1 N–H and O–H groups in total. The number of carboxylic acid groups (broad SMARTS) is 1. The Kier molecular flexibility index (Phi) is 5.36. The van der Waals surface area contributed by atoms with E-state index in [2.05, 4.69) is 10.3 Å². The zero-order valence-corrected chi connectivity index (χ0v) is 15.7. The summed E-state index contributed by atoms with van der Waals surface area (Å²) in [5.74, 6) is -1.60. The first-order chi connectivity index (χ1) is 12.3. The predicted molar refractivity (Wildman–Crippen MR) is 103 cm³/mol. The van der Waals surface area contributed by atoms with Crippen LogP contribution in [0.1, 0.15) is 21.5 Å². The van der Waals surface area contributed by atoms with E-state index in [1.807, 2.05) is 0 Å². The van der Waals surface area contributed by atoms with Crippen molar-refractivity contribution in [1.82, 2.24) is 5.32 Å². The van der Waals surface area contributed by atoms with Crippen LogP contribution in [-0.4, -0.2) is 17.0 Å². The average molecular weight is 406 g/mol. The van der Waals surface area contributed by atoms with Crippen LogP contribution >= 0.6 is 35.0 Å². The molecule has 132 valence electrons. The number of nitrogens with one attached hydrogen (secondary N) is 1. The second-order valence-electron chi connectivity index (χ2n) is 5.44. The monoisotopic (exact) mass is 405 g/mol. The van der Waals surface area contributed by atoms with Crippen molar-refractivity contribution < 1.29 is 14.7 Å². The van der Waals surface area contributed by atoms with Gasteiger partial charge in [-0.2, -0.15) is 0 Å². The molecule has 2 aromatic carbocycles. The predicted octanol–water partition coefficient (Wildman–Crippen LogP) is 3.56. The van der Waals surface area contributed by atoms with Crippen LogP contribution in [0, 0.1) is 6.92 Å². The topological polar surface area (TPSA) is 81.6 Å². The number of amidine groups is 1. The molecule has 0 bridgehead atoms. The second-order valence-corrected chi connectivity index (χ2v) is 7.31. The van der Waals surface area contributed by atoms with Crippen molar-refractivity contribution >= 4 is 63.8 Å². The third-order valence-electron chi connectivity index (χ3n) is 3.57. The van der Waals surface area contributed by atoms with E-state index in [4.69, 9.17) is 23.2 Å². The number of halogens is 2. The van der Waals surface area contributed by atoms with Crippen molar-refractivity contribution in [3.8, 4) is 0 Å². The Labute approximate surface area is 163 Å². The van der Waals surface area contributed by atoms with Crippen LogP contribution in [0.2, 0.25) is 10.0 Å². The fourth-order valence-electron chi connectivity index (χ4n) is 2.21. The van der Waals surface area contributed by atoms with Gasteiger partial charge in [-0.3, -0.25) is 4.79 Å². The molecule has 1 heterocycles. The number of carboxylic acids is 1. The summed E-state index contributed by atoms with van der Waals surface area (Å²) < 4.78 is 0. The largest absolute Gasteiger partial charge is 0.545 e. The number of amides is 1. The lowest BCUT2D eigenvalue weighted by Gasteiger charge is -2.06. The highest BCUT2D eigenvalue weighted by Gasteiger charge is 2.24. The maximum absolute atomic E-state index is 12.2. The summed E-state index contributed by atoms with van der Waals surface area (Å²) in [5, 5.41) is 14.9. The molecule has 0 unspecified atom stereocenters. The van der Waals surface area contributed by atoms with Crippen LogP contribution in [0.3, 0.4) is 0 Å². The van der Waals surface area contributed by atoms with Gasteiger partial charge in [0, 0.05) is 10.0 Å². The molecule has 3 rings (SSSR count). The van der Waals surface area contributed by atoms with E-state index in [0.717, 1.165) is 17.3 Å². The minimum atomic E-state index is -1.28. The van der Waals surface area contributed by atoms with Gasteiger partial charge in [0.25, 0.3) is 5.91 Å². The minimum absolute atomic E-state index is 0.0213. The van der Waals surface area contributed by atoms with Gasteiger partial charge in [0.2, 0.25) is 0 Å². The maximum atomic E-state index is 12.2. The van der Waals surface area contributed by atoms with Crippen LogP contribution in [-0.2, 0) is 4.79 Å². The van der Waals surface area contributed by atoms with Crippen LogP contribution in [0.5, 0.6) is 0 Å². The molecule has 8 heteroatoms.